The van der Waals surface area contributed by atoms with E-state index in [-0.39, 0.29) is 18.2 Å². The van der Waals surface area contributed by atoms with E-state index in [0.717, 1.165) is 17.1 Å². The Morgan fingerprint density at radius 1 is 0.917 bits per heavy atom. The third-order valence-corrected chi connectivity index (χ3v) is 3.68. The molecule has 5 nitrogen and oxygen atoms in total. The van der Waals surface area contributed by atoms with Gasteiger partial charge in [-0.25, -0.2) is 0 Å². The number of nitrogens with one attached hydrogen (secondary N) is 1. The third-order valence-electron chi connectivity index (χ3n) is 3.68. The van der Waals surface area contributed by atoms with Gasteiger partial charge in [-0.1, -0.05) is 18.2 Å². The van der Waals surface area contributed by atoms with E-state index in [4.69, 9.17) is 0 Å². The van der Waals surface area contributed by atoms with Gasteiger partial charge in [-0.3, -0.25) is 9.59 Å². The standard InChI is InChI=1S/C19H23N3O2/c1-15(23)22(18-7-5-4-6-8-18)14-13-19(24)20-16-9-11-17(12-10-16)21(2)3/h4-12H,13-14H2,1-3H3,(H,20,24). The smallest absolute Gasteiger partial charge is 0.226 e. The van der Waals surface area contributed by atoms with Gasteiger partial charge in [0.25, 0.3) is 0 Å². The molecular formula is C19H23N3O2. The molecule has 0 unspecified atom stereocenters. The number of carbonyl (C=O) groups is 2. The Bertz CT molecular complexity index is 682. The number of hydrogen-bond acceptors (Lipinski definition) is 3. The molecule has 24 heavy (non-hydrogen) atoms. The van der Waals surface area contributed by atoms with Gasteiger partial charge in [0, 0.05) is 51.0 Å². The lowest BCUT2D eigenvalue weighted by Crippen LogP contribution is -2.31. The summed E-state index contributed by atoms with van der Waals surface area (Å²) in [5.74, 6) is -0.195. The monoisotopic (exact) mass is 325 g/mol. The van der Waals surface area contributed by atoms with E-state index in [1.165, 1.54) is 6.92 Å². The largest absolute Gasteiger partial charge is 0.378 e. The van der Waals surface area contributed by atoms with Gasteiger partial charge in [-0.15, -0.1) is 0 Å². The van der Waals surface area contributed by atoms with Crippen LogP contribution in [0.3, 0.4) is 0 Å². The number of carbonyl (C=O) groups excluding carboxylic acids is 2. The lowest BCUT2D eigenvalue weighted by molar-refractivity contribution is -0.117. The normalized spacial score (nSPS) is 10.1. The molecule has 0 atom stereocenters. The fourth-order valence-corrected chi connectivity index (χ4v) is 2.36. The zero-order valence-electron chi connectivity index (χ0n) is 14.3. The fourth-order valence-electron chi connectivity index (χ4n) is 2.36. The molecular weight excluding hydrogens is 302 g/mol. The lowest BCUT2D eigenvalue weighted by Gasteiger charge is -2.21. The maximum Gasteiger partial charge on any atom is 0.226 e. The average molecular weight is 325 g/mol. The molecule has 0 saturated heterocycles. The van der Waals surface area contributed by atoms with Crippen molar-refractivity contribution in [1.82, 2.24) is 0 Å². The maximum absolute atomic E-state index is 12.1. The maximum atomic E-state index is 12.1. The highest BCUT2D eigenvalue weighted by Crippen LogP contribution is 2.17. The fraction of sp³-hybridized carbons (Fsp3) is 0.263. The minimum absolute atomic E-state index is 0.0793. The summed E-state index contributed by atoms with van der Waals surface area (Å²) in [6.07, 6.45) is 0.240. The highest BCUT2D eigenvalue weighted by Gasteiger charge is 2.13. The van der Waals surface area contributed by atoms with Gasteiger partial charge < -0.3 is 15.1 Å². The van der Waals surface area contributed by atoms with E-state index in [2.05, 4.69) is 5.32 Å². The topological polar surface area (TPSA) is 52.7 Å². The van der Waals surface area contributed by atoms with Crippen LogP contribution in [0.25, 0.3) is 0 Å². The van der Waals surface area contributed by atoms with Gasteiger partial charge in [0.05, 0.1) is 0 Å². The van der Waals surface area contributed by atoms with Crippen molar-refractivity contribution >= 4 is 28.9 Å². The molecule has 0 bridgehead atoms. The van der Waals surface area contributed by atoms with Crippen molar-refractivity contribution in [3.05, 3.63) is 54.6 Å². The minimum Gasteiger partial charge on any atom is -0.378 e. The second-order valence-corrected chi connectivity index (χ2v) is 5.75. The van der Waals surface area contributed by atoms with Crippen molar-refractivity contribution in [1.29, 1.82) is 0 Å². The molecule has 2 rings (SSSR count). The summed E-state index contributed by atoms with van der Waals surface area (Å²) < 4.78 is 0. The summed E-state index contributed by atoms with van der Waals surface area (Å²) in [4.78, 5) is 27.5. The van der Waals surface area contributed by atoms with Crippen LogP contribution in [0, 0.1) is 0 Å². The molecule has 0 fully saturated rings. The molecule has 1 N–H and O–H groups in total. The van der Waals surface area contributed by atoms with Gasteiger partial charge in [-0.2, -0.15) is 0 Å². The summed E-state index contributed by atoms with van der Waals surface area (Å²) in [6, 6.07) is 17.0. The van der Waals surface area contributed by atoms with Gasteiger partial charge in [0.15, 0.2) is 0 Å². The molecule has 2 amide bonds. The Hall–Kier alpha value is -2.82. The van der Waals surface area contributed by atoms with Crippen LogP contribution in [0.2, 0.25) is 0 Å². The van der Waals surface area contributed by atoms with Gasteiger partial charge >= 0.3 is 0 Å². The number of hydrogen-bond donors (Lipinski definition) is 1. The zero-order valence-corrected chi connectivity index (χ0v) is 14.3. The van der Waals surface area contributed by atoms with Crippen LogP contribution in [0.5, 0.6) is 0 Å². The van der Waals surface area contributed by atoms with Gasteiger partial charge in [-0.05, 0) is 36.4 Å². The van der Waals surface area contributed by atoms with Crippen molar-refractivity contribution in [2.24, 2.45) is 0 Å². The molecule has 0 aliphatic heterocycles. The van der Waals surface area contributed by atoms with Crippen molar-refractivity contribution in [3.8, 4) is 0 Å². The minimum atomic E-state index is -0.116. The molecule has 126 valence electrons. The number of anilines is 3. The van der Waals surface area contributed by atoms with E-state index in [1.807, 2.05) is 73.6 Å². The van der Waals surface area contributed by atoms with Crippen molar-refractivity contribution < 1.29 is 9.59 Å². The van der Waals surface area contributed by atoms with Crippen LogP contribution < -0.4 is 15.1 Å². The number of nitrogens with zero attached hydrogens (tertiary/aromatic N) is 2. The summed E-state index contributed by atoms with van der Waals surface area (Å²) in [6.45, 7) is 1.85. The third kappa shape index (κ3) is 4.84. The van der Waals surface area contributed by atoms with E-state index in [0.29, 0.717) is 6.54 Å². The predicted octanol–water partition coefficient (Wildman–Crippen LogP) is 3.13. The molecule has 2 aromatic carbocycles. The van der Waals surface area contributed by atoms with Crippen LogP contribution in [-0.4, -0.2) is 32.5 Å². The molecule has 0 aliphatic carbocycles. The number of amides is 2. The Labute approximate surface area is 142 Å². The van der Waals surface area contributed by atoms with Crippen LogP contribution >= 0.6 is 0 Å². The first-order valence-electron chi connectivity index (χ1n) is 7.88. The van der Waals surface area contributed by atoms with Crippen LogP contribution in [0.1, 0.15) is 13.3 Å². The quantitative estimate of drug-likeness (QED) is 0.888. The van der Waals surface area contributed by atoms with Crippen LogP contribution in [0.4, 0.5) is 17.1 Å². The molecule has 5 heteroatoms. The van der Waals surface area contributed by atoms with E-state index in [1.54, 1.807) is 4.90 Å². The molecule has 0 saturated carbocycles. The Kier molecular flexibility index (Phi) is 5.95. The molecule has 0 heterocycles. The van der Waals surface area contributed by atoms with E-state index >= 15 is 0 Å². The Morgan fingerprint density at radius 2 is 1.54 bits per heavy atom. The number of para-hydroxylation sites is 1. The lowest BCUT2D eigenvalue weighted by atomic mass is 10.2. The first-order valence-corrected chi connectivity index (χ1v) is 7.88. The first-order chi connectivity index (χ1) is 11.5. The van der Waals surface area contributed by atoms with Crippen molar-refractivity contribution in [2.75, 3.05) is 35.8 Å². The number of rotatable bonds is 6. The predicted molar refractivity (Wildman–Crippen MR) is 98.5 cm³/mol. The molecule has 0 radical (unpaired) electrons. The molecule has 2 aromatic rings. The van der Waals surface area contributed by atoms with Gasteiger partial charge in [0.1, 0.15) is 0 Å². The molecule has 0 spiro atoms. The van der Waals surface area contributed by atoms with Crippen molar-refractivity contribution in [3.63, 3.8) is 0 Å². The SMILES string of the molecule is CC(=O)N(CCC(=O)Nc1ccc(N(C)C)cc1)c1ccccc1. The highest BCUT2D eigenvalue weighted by molar-refractivity contribution is 5.94. The zero-order chi connectivity index (χ0) is 17.5. The van der Waals surface area contributed by atoms with Gasteiger partial charge in [0.2, 0.25) is 11.8 Å². The van der Waals surface area contributed by atoms with E-state index < -0.39 is 0 Å². The van der Waals surface area contributed by atoms with Crippen LogP contribution in [-0.2, 0) is 9.59 Å². The Balaban J connectivity index is 1.93. The second-order valence-electron chi connectivity index (χ2n) is 5.75. The van der Waals surface area contributed by atoms with E-state index in [9.17, 15) is 9.59 Å². The number of benzene rings is 2. The van der Waals surface area contributed by atoms with Crippen molar-refractivity contribution in [2.45, 2.75) is 13.3 Å². The first kappa shape index (κ1) is 17.5. The van der Waals surface area contributed by atoms with Crippen LogP contribution in [0.15, 0.2) is 54.6 Å². The summed E-state index contributed by atoms with van der Waals surface area (Å²) in [5, 5.41) is 2.86. The summed E-state index contributed by atoms with van der Waals surface area (Å²) in [5.41, 5.74) is 2.62. The summed E-state index contributed by atoms with van der Waals surface area (Å²) in [7, 11) is 3.93. The second kappa shape index (κ2) is 8.15. The summed E-state index contributed by atoms with van der Waals surface area (Å²) >= 11 is 0. The average Bonchev–Trinajstić information content (AvgIpc) is 2.56. The molecule has 0 aliphatic rings. The molecule has 0 aromatic heterocycles. The highest BCUT2D eigenvalue weighted by atomic mass is 16.2. The Morgan fingerprint density at radius 3 is 2.08 bits per heavy atom.